The second kappa shape index (κ2) is 3.33. The summed E-state index contributed by atoms with van der Waals surface area (Å²) in [7, 11) is 0. The van der Waals surface area contributed by atoms with Crippen LogP contribution in [0.5, 0.6) is 0 Å². The van der Waals surface area contributed by atoms with Crippen molar-refractivity contribution in [3.8, 4) is 0 Å². The molecule has 14 heavy (non-hydrogen) atoms. The molecule has 1 atom stereocenters. The van der Waals surface area contributed by atoms with Gasteiger partial charge in [-0.3, -0.25) is 4.68 Å². The minimum Gasteiger partial charge on any atom is -0.263 e. The van der Waals surface area contributed by atoms with Crippen LogP contribution in [0.1, 0.15) is 37.8 Å². The van der Waals surface area contributed by atoms with E-state index in [4.69, 9.17) is 0 Å². The molecule has 1 unspecified atom stereocenters. The van der Waals surface area contributed by atoms with E-state index in [0.29, 0.717) is 12.8 Å². The van der Waals surface area contributed by atoms with Crippen molar-refractivity contribution >= 4 is 0 Å². The van der Waals surface area contributed by atoms with Gasteiger partial charge in [0.05, 0.1) is 6.20 Å². The van der Waals surface area contributed by atoms with E-state index in [2.05, 4.69) is 5.10 Å². The molecule has 1 fully saturated rings. The van der Waals surface area contributed by atoms with Crippen LogP contribution in [0.4, 0.5) is 8.78 Å². The van der Waals surface area contributed by atoms with E-state index in [1.54, 1.807) is 12.4 Å². The molecule has 1 heterocycles. The lowest BCUT2D eigenvalue weighted by Crippen LogP contribution is -2.25. The van der Waals surface area contributed by atoms with Gasteiger partial charge in [-0.1, -0.05) is 6.92 Å². The van der Waals surface area contributed by atoms with E-state index in [1.807, 2.05) is 6.92 Å². The summed E-state index contributed by atoms with van der Waals surface area (Å²) in [6, 6.07) is -0.720. The van der Waals surface area contributed by atoms with Gasteiger partial charge in [0.1, 0.15) is 6.04 Å². The zero-order valence-electron chi connectivity index (χ0n) is 8.21. The fourth-order valence-corrected chi connectivity index (χ4v) is 1.97. The standard InChI is InChI=1S/C10H14F2N2/c1-2-8-6-13-14(7-8)9-4-3-5-10(9,11)12/h6-7,9H,2-5H2,1H3. The van der Waals surface area contributed by atoms with E-state index in [9.17, 15) is 8.78 Å². The van der Waals surface area contributed by atoms with Gasteiger partial charge in [0.15, 0.2) is 0 Å². The van der Waals surface area contributed by atoms with Crippen LogP contribution in [0.15, 0.2) is 12.4 Å². The van der Waals surface area contributed by atoms with Crippen molar-refractivity contribution in [1.82, 2.24) is 9.78 Å². The molecule has 0 saturated heterocycles. The third kappa shape index (κ3) is 1.53. The van der Waals surface area contributed by atoms with Crippen LogP contribution in [-0.2, 0) is 6.42 Å². The van der Waals surface area contributed by atoms with Crippen molar-refractivity contribution in [3.63, 3.8) is 0 Å². The highest BCUT2D eigenvalue weighted by molar-refractivity contribution is 5.05. The highest BCUT2D eigenvalue weighted by atomic mass is 19.3. The Morgan fingerprint density at radius 1 is 1.64 bits per heavy atom. The molecule has 1 aliphatic carbocycles. The van der Waals surface area contributed by atoms with Gasteiger partial charge in [-0.2, -0.15) is 5.10 Å². The predicted octanol–water partition coefficient (Wildman–Crippen LogP) is 2.81. The number of nitrogens with zero attached hydrogens (tertiary/aromatic N) is 2. The largest absolute Gasteiger partial charge is 0.270 e. The van der Waals surface area contributed by atoms with Gasteiger partial charge in [-0.15, -0.1) is 0 Å². The Balaban J connectivity index is 2.22. The Kier molecular flexibility index (Phi) is 2.29. The van der Waals surface area contributed by atoms with Crippen LogP contribution in [0.25, 0.3) is 0 Å². The van der Waals surface area contributed by atoms with Gasteiger partial charge in [-0.05, 0) is 24.8 Å². The summed E-state index contributed by atoms with van der Waals surface area (Å²) in [4.78, 5) is 0. The van der Waals surface area contributed by atoms with Gasteiger partial charge in [0, 0.05) is 12.6 Å². The van der Waals surface area contributed by atoms with Gasteiger partial charge < -0.3 is 0 Å². The topological polar surface area (TPSA) is 17.8 Å². The van der Waals surface area contributed by atoms with Crippen molar-refractivity contribution < 1.29 is 8.78 Å². The monoisotopic (exact) mass is 200 g/mol. The van der Waals surface area contributed by atoms with Crippen LogP contribution in [-0.4, -0.2) is 15.7 Å². The SMILES string of the molecule is CCc1cnn(C2CCCC2(F)F)c1. The average Bonchev–Trinajstić information content (AvgIpc) is 2.70. The summed E-state index contributed by atoms with van der Waals surface area (Å²) >= 11 is 0. The Labute approximate surface area is 81.9 Å². The number of aromatic nitrogens is 2. The highest BCUT2D eigenvalue weighted by Crippen LogP contribution is 2.43. The third-order valence-corrected chi connectivity index (χ3v) is 2.86. The quantitative estimate of drug-likeness (QED) is 0.717. The van der Waals surface area contributed by atoms with Crippen molar-refractivity contribution in [1.29, 1.82) is 0 Å². The van der Waals surface area contributed by atoms with Crippen LogP contribution < -0.4 is 0 Å². The molecule has 78 valence electrons. The molecule has 1 aliphatic rings. The van der Waals surface area contributed by atoms with Crippen LogP contribution in [0.3, 0.4) is 0 Å². The maximum absolute atomic E-state index is 13.3. The summed E-state index contributed by atoms with van der Waals surface area (Å²) in [5.74, 6) is -2.57. The maximum atomic E-state index is 13.3. The Bertz CT molecular complexity index is 320. The molecule has 2 nitrogen and oxygen atoms in total. The summed E-state index contributed by atoms with van der Waals surface area (Å²) in [6.07, 6.45) is 5.40. The predicted molar refractivity (Wildman–Crippen MR) is 49.4 cm³/mol. The van der Waals surface area contributed by atoms with Gasteiger partial charge >= 0.3 is 0 Å². The van der Waals surface area contributed by atoms with Crippen molar-refractivity contribution in [2.75, 3.05) is 0 Å². The molecule has 1 aromatic rings. The lowest BCUT2D eigenvalue weighted by molar-refractivity contribution is -0.0343. The molecule has 1 aromatic heterocycles. The smallest absolute Gasteiger partial charge is 0.263 e. The van der Waals surface area contributed by atoms with Crippen molar-refractivity contribution in [3.05, 3.63) is 18.0 Å². The number of hydrogen-bond donors (Lipinski definition) is 0. The van der Waals surface area contributed by atoms with Gasteiger partial charge in [-0.25, -0.2) is 8.78 Å². The molecule has 0 amide bonds. The minimum atomic E-state index is -2.57. The molecule has 0 aromatic carbocycles. The van der Waals surface area contributed by atoms with Crippen LogP contribution in [0.2, 0.25) is 0 Å². The number of alkyl halides is 2. The molecule has 0 aliphatic heterocycles. The molecule has 0 radical (unpaired) electrons. The van der Waals surface area contributed by atoms with Gasteiger partial charge in [0.25, 0.3) is 5.92 Å². The lowest BCUT2D eigenvalue weighted by atomic mass is 10.2. The number of rotatable bonds is 2. The number of halogens is 2. The zero-order chi connectivity index (χ0) is 10.2. The highest BCUT2D eigenvalue weighted by Gasteiger charge is 2.45. The first-order valence-electron chi connectivity index (χ1n) is 5.04. The molecular formula is C10H14F2N2. The first kappa shape index (κ1) is 9.62. The van der Waals surface area contributed by atoms with Crippen LogP contribution >= 0.6 is 0 Å². The van der Waals surface area contributed by atoms with E-state index < -0.39 is 12.0 Å². The van der Waals surface area contributed by atoms with Crippen LogP contribution in [0, 0.1) is 0 Å². The lowest BCUT2D eigenvalue weighted by Gasteiger charge is -2.18. The first-order valence-corrected chi connectivity index (χ1v) is 5.04. The second-order valence-corrected chi connectivity index (χ2v) is 3.85. The Hall–Kier alpha value is -0.930. The molecule has 0 bridgehead atoms. The Morgan fingerprint density at radius 3 is 2.93 bits per heavy atom. The maximum Gasteiger partial charge on any atom is 0.270 e. The molecule has 0 N–H and O–H groups in total. The average molecular weight is 200 g/mol. The number of hydrogen-bond acceptors (Lipinski definition) is 1. The molecule has 4 heteroatoms. The normalized spacial score (nSPS) is 25.5. The fourth-order valence-electron chi connectivity index (χ4n) is 1.97. The molecular weight excluding hydrogens is 186 g/mol. The zero-order valence-corrected chi connectivity index (χ0v) is 8.21. The van der Waals surface area contributed by atoms with Crippen molar-refractivity contribution in [2.45, 2.75) is 44.6 Å². The number of aryl methyl sites for hydroxylation is 1. The molecule has 0 spiro atoms. The minimum absolute atomic E-state index is 0.00101. The molecule has 1 saturated carbocycles. The summed E-state index contributed by atoms with van der Waals surface area (Å²) in [5.41, 5.74) is 1.02. The van der Waals surface area contributed by atoms with E-state index in [-0.39, 0.29) is 6.42 Å². The summed E-state index contributed by atoms with van der Waals surface area (Å²) in [6.45, 7) is 1.99. The third-order valence-electron chi connectivity index (χ3n) is 2.86. The Morgan fingerprint density at radius 2 is 2.43 bits per heavy atom. The molecule has 2 rings (SSSR count). The van der Waals surface area contributed by atoms with E-state index in [0.717, 1.165) is 12.0 Å². The first-order chi connectivity index (χ1) is 6.63. The van der Waals surface area contributed by atoms with Gasteiger partial charge in [0.2, 0.25) is 0 Å². The second-order valence-electron chi connectivity index (χ2n) is 3.85. The summed E-state index contributed by atoms with van der Waals surface area (Å²) in [5, 5.41) is 4.00. The van der Waals surface area contributed by atoms with E-state index >= 15 is 0 Å². The fraction of sp³-hybridized carbons (Fsp3) is 0.700. The van der Waals surface area contributed by atoms with E-state index in [1.165, 1.54) is 4.68 Å². The summed E-state index contributed by atoms with van der Waals surface area (Å²) < 4.78 is 28.1. The van der Waals surface area contributed by atoms with Crippen molar-refractivity contribution in [2.24, 2.45) is 0 Å².